The average Bonchev–Trinajstić information content (AvgIpc) is 3.23. The maximum absolute atomic E-state index is 12.3. The Morgan fingerprint density at radius 2 is 1.91 bits per heavy atom. The smallest absolute Gasteiger partial charge is 0.328 e. The van der Waals surface area contributed by atoms with Crippen molar-refractivity contribution in [1.29, 1.82) is 0 Å². The van der Waals surface area contributed by atoms with Crippen molar-refractivity contribution in [2.75, 3.05) is 13.2 Å². The van der Waals surface area contributed by atoms with Crippen LogP contribution in [-0.4, -0.2) is 68.7 Å². The zero-order valence-electron chi connectivity index (χ0n) is 18.4. The van der Waals surface area contributed by atoms with Crippen molar-refractivity contribution in [1.82, 2.24) is 26.1 Å². The van der Waals surface area contributed by atoms with Crippen LogP contribution in [0.4, 0.5) is 4.79 Å². The van der Waals surface area contributed by atoms with E-state index in [2.05, 4.69) is 33.0 Å². The number of hydrogen-bond acceptors (Lipinski definition) is 9. The largest absolute Gasteiger partial charge is 0.480 e. The van der Waals surface area contributed by atoms with Crippen LogP contribution in [0.15, 0.2) is 4.52 Å². The highest BCUT2D eigenvalue weighted by molar-refractivity contribution is 5.83. The number of nitrogens with zero attached hydrogens (tertiary/aromatic N) is 2. The normalized spacial score (nSPS) is 14.8. The Morgan fingerprint density at radius 1 is 1.19 bits per heavy atom. The lowest BCUT2D eigenvalue weighted by molar-refractivity contribution is -0.141. The Balaban J connectivity index is 2.78. The molecule has 0 fully saturated rings. The molecule has 1 heterocycles. The SMILES string of the molecule is CCCCCCNC(=O)CCC(NC(=O)NC(C(=O)O)C(C)O)c1nc(C(N)CO)no1. The number of aliphatic hydroxyl groups excluding tert-OH is 2. The monoisotopic (exact) mass is 458 g/mol. The van der Waals surface area contributed by atoms with Gasteiger partial charge in [-0.2, -0.15) is 4.98 Å². The lowest BCUT2D eigenvalue weighted by Crippen LogP contribution is -2.51. The number of rotatable bonds is 15. The van der Waals surface area contributed by atoms with Gasteiger partial charge in [-0.05, 0) is 19.8 Å². The Kier molecular flexibility index (Phi) is 12.2. The van der Waals surface area contributed by atoms with Gasteiger partial charge in [0.05, 0.1) is 18.8 Å². The van der Waals surface area contributed by atoms with Gasteiger partial charge >= 0.3 is 12.0 Å². The molecular weight excluding hydrogens is 424 g/mol. The third kappa shape index (κ3) is 9.58. The molecule has 0 saturated carbocycles. The summed E-state index contributed by atoms with van der Waals surface area (Å²) in [7, 11) is 0. The van der Waals surface area contributed by atoms with E-state index in [9.17, 15) is 19.5 Å². The van der Waals surface area contributed by atoms with Gasteiger partial charge in [0.25, 0.3) is 0 Å². The number of carboxylic acid groups (broad SMARTS) is 1. The third-order valence-electron chi connectivity index (χ3n) is 4.64. The van der Waals surface area contributed by atoms with Crippen LogP contribution < -0.4 is 21.7 Å². The highest BCUT2D eigenvalue weighted by Crippen LogP contribution is 2.18. The molecule has 13 heteroatoms. The second-order valence-corrected chi connectivity index (χ2v) is 7.46. The molecule has 0 aliphatic rings. The van der Waals surface area contributed by atoms with Crippen LogP contribution >= 0.6 is 0 Å². The topological polar surface area (TPSA) is 213 Å². The van der Waals surface area contributed by atoms with Crippen LogP contribution in [-0.2, 0) is 9.59 Å². The van der Waals surface area contributed by atoms with Crippen LogP contribution in [0.3, 0.4) is 0 Å². The molecule has 0 radical (unpaired) electrons. The minimum atomic E-state index is -1.54. The van der Waals surface area contributed by atoms with Gasteiger partial charge in [0.15, 0.2) is 11.9 Å². The van der Waals surface area contributed by atoms with Crippen molar-refractivity contribution < 1.29 is 34.2 Å². The first-order valence-corrected chi connectivity index (χ1v) is 10.6. The molecule has 4 unspecified atom stereocenters. The van der Waals surface area contributed by atoms with Crippen LogP contribution in [0.2, 0.25) is 0 Å². The van der Waals surface area contributed by atoms with Crippen molar-refractivity contribution >= 4 is 17.9 Å². The minimum Gasteiger partial charge on any atom is -0.480 e. The summed E-state index contributed by atoms with van der Waals surface area (Å²) in [4.78, 5) is 39.7. The maximum Gasteiger partial charge on any atom is 0.328 e. The quantitative estimate of drug-likeness (QED) is 0.171. The van der Waals surface area contributed by atoms with Crippen LogP contribution in [0.5, 0.6) is 0 Å². The molecule has 0 aromatic carbocycles. The molecule has 182 valence electrons. The van der Waals surface area contributed by atoms with E-state index in [0.717, 1.165) is 25.7 Å². The maximum atomic E-state index is 12.3. The van der Waals surface area contributed by atoms with Gasteiger partial charge in [-0.3, -0.25) is 4.79 Å². The highest BCUT2D eigenvalue weighted by atomic mass is 16.5. The fraction of sp³-hybridized carbons (Fsp3) is 0.737. The number of amides is 3. The molecule has 32 heavy (non-hydrogen) atoms. The summed E-state index contributed by atoms with van der Waals surface area (Å²) in [5.74, 6) is -1.68. The van der Waals surface area contributed by atoms with Gasteiger partial charge in [-0.1, -0.05) is 31.3 Å². The van der Waals surface area contributed by atoms with Crippen molar-refractivity contribution in [2.45, 2.75) is 76.6 Å². The Morgan fingerprint density at radius 3 is 2.50 bits per heavy atom. The number of urea groups is 1. The first-order valence-electron chi connectivity index (χ1n) is 10.6. The number of carbonyl (C=O) groups excluding carboxylic acids is 2. The molecule has 0 saturated heterocycles. The van der Waals surface area contributed by atoms with Gasteiger partial charge in [0, 0.05) is 13.0 Å². The van der Waals surface area contributed by atoms with Crippen molar-refractivity contribution in [3.63, 3.8) is 0 Å². The Hall–Kier alpha value is -2.77. The van der Waals surface area contributed by atoms with Crippen molar-refractivity contribution in [2.24, 2.45) is 5.73 Å². The molecule has 0 aliphatic carbocycles. The van der Waals surface area contributed by atoms with E-state index in [1.165, 1.54) is 6.92 Å². The first-order chi connectivity index (χ1) is 15.2. The van der Waals surface area contributed by atoms with Gasteiger partial charge in [0.1, 0.15) is 6.04 Å². The second kappa shape index (κ2) is 14.3. The van der Waals surface area contributed by atoms with Gasteiger partial charge in [-0.25, -0.2) is 9.59 Å². The fourth-order valence-electron chi connectivity index (χ4n) is 2.75. The summed E-state index contributed by atoms with van der Waals surface area (Å²) >= 11 is 0. The summed E-state index contributed by atoms with van der Waals surface area (Å²) in [5, 5.41) is 38.9. The average molecular weight is 459 g/mol. The van der Waals surface area contributed by atoms with Crippen LogP contribution in [0.1, 0.15) is 76.2 Å². The zero-order valence-corrected chi connectivity index (χ0v) is 18.4. The molecule has 3 amide bonds. The molecule has 4 atom stereocenters. The van der Waals surface area contributed by atoms with E-state index in [1.54, 1.807) is 0 Å². The van der Waals surface area contributed by atoms with Gasteiger partial charge in [0.2, 0.25) is 11.8 Å². The Bertz CT molecular complexity index is 727. The molecule has 8 N–H and O–H groups in total. The molecule has 0 bridgehead atoms. The molecule has 1 aromatic rings. The predicted molar refractivity (Wildman–Crippen MR) is 112 cm³/mol. The van der Waals surface area contributed by atoms with Crippen molar-refractivity contribution in [3.05, 3.63) is 11.7 Å². The van der Waals surface area contributed by atoms with E-state index in [1.807, 2.05) is 0 Å². The minimum absolute atomic E-state index is 0.0162. The predicted octanol–water partition coefficient (Wildman–Crippen LogP) is -0.287. The second-order valence-electron chi connectivity index (χ2n) is 7.46. The number of nitrogens with one attached hydrogen (secondary N) is 3. The molecule has 1 aromatic heterocycles. The van der Waals surface area contributed by atoms with E-state index in [-0.39, 0.29) is 30.5 Å². The van der Waals surface area contributed by atoms with E-state index >= 15 is 0 Å². The number of aliphatic carboxylic acids is 1. The molecule has 0 spiro atoms. The summed E-state index contributed by atoms with van der Waals surface area (Å²) in [6, 6.07) is -4.27. The number of unbranched alkanes of at least 4 members (excludes halogenated alkanes) is 3. The summed E-state index contributed by atoms with van der Waals surface area (Å²) in [6.07, 6.45) is 2.84. The Labute approximate surface area is 186 Å². The van der Waals surface area contributed by atoms with Crippen LogP contribution in [0.25, 0.3) is 0 Å². The lowest BCUT2D eigenvalue weighted by atomic mass is 10.1. The summed E-state index contributed by atoms with van der Waals surface area (Å²) in [6.45, 7) is 3.44. The standard InChI is InChI=1S/C19H34N6O7/c1-3-4-5-6-9-21-14(28)8-7-13(17-24-16(25-32-17)12(20)10-26)22-19(31)23-15(11(2)27)18(29)30/h11-13,15,26-27H,3-10,20H2,1-2H3,(H,21,28)(H,29,30)(H2,22,23,31). The molecule has 1 rings (SSSR count). The lowest BCUT2D eigenvalue weighted by Gasteiger charge is -2.20. The molecule has 13 nitrogen and oxygen atoms in total. The summed E-state index contributed by atoms with van der Waals surface area (Å²) < 4.78 is 5.12. The fourth-order valence-corrected chi connectivity index (χ4v) is 2.75. The van der Waals surface area contributed by atoms with E-state index in [4.69, 9.17) is 20.5 Å². The number of carboxylic acids is 1. The number of aromatic nitrogens is 2. The zero-order chi connectivity index (χ0) is 24.1. The van der Waals surface area contributed by atoms with Gasteiger partial charge < -0.3 is 41.5 Å². The van der Waals surface area contributed by atoms with Crippen molar-refractivity contribution in [3.8, 4) is 0 Å². The van der Waals surface area contributed by atoms with Crippen LogP contribution in [0, 0.1) is 0 Å². The molecular formula is C19H34N6O7. The number of nitrogens with two attached hydrogens (primary N) is 1. The van der Waals surface area contributed by atoms with Gasteiger partial charge in [-0.15, -0.1) is 0 Å². The van der Waals surface area contributed by atoms with E-state index < -0.39 is 42.8 Å². The third-order valence-corrected chi connectivity index (χ3v) is 4.64. The first kappa shape index (κ1) is 27.3. The van der Waals surface area contributed by atoms with E-state index in [0.29, 0.717) is 6.54 Å². The number of carbonyl (C=O) groups is 3. The summed E-state index contributed by atoms with van der Waals surface area (Å²) in [5.41, 5.74) is 5.66. The number of hydrogen-bond donors (Lipinski definition) is 7. The highest BCUT2D eigenvalue weighted by Gasteiger charge is 2.28. The molecule has 0 aliphatic heterocycles. The number of aliphatic hydroxyl groups is 2.